The summed E-state index contributed by atoms with van der Waals surface area (Å²) in [6.45, 7) is 2.61. The number of aromatic nitrogens is 2. The van der Waals surface area contributed by atoms with E-state index < -0.39 is 0 Å². The maximum absolute atomic E-state index is 8.81. The molecule has 0 unspecified atom stereocenters. The van der Waals surface area contributed by atoms with E-state index in [1.807, 2.05) is 34.9 Å². The molecule has 0 fully saturated rings. The zero-order valence-electron chi connectivity index (χ0n) is 15.6. The number of thioether (sulfide) groups is 1. The van der Waals surface area contributed by atoms with Gasteiger partial charge in [-0.2, -0.15) is 0 Å². The van der Waals surface area contributed by atoms with Gasteiger partial charge in [0.05, 0.1) is 26.3 Å². The average molecular weight is 404 g/mol. The first-order chi connectivity index (χ1) is 13.1. The lowest BCUT2D eigenvalue weighted by atomic mass is 10.2. The topological polar surface area (TPSA) is 60.1 Å². The predicted octanol–water partition coefficient (Wildman–Crippen LogP) is 4.74. The molecule has 0 saturated heterocycles. The molecule has 2 aromatic carbocycles. The fourth-order valence-electron chi connectivity index (χ4n) is 2.80. The Labute approximate surface area is 167 Å². The highest BCUT2D eigenvalue weighted by Gasteiger charge is 2.14. The van der Waals surface area contributed by atoms with Gasteiger partial charge in [-0.1, -0.05) is 48.5 Å². The molecule has 142 valence electrons. The Morgan fingerprint density at radius 3 is 2.52 bits per heavy atom. The molecule has 0 radical (unpaired) electrons. The van der Waals surface area contributed by atoms with Crippen LogP contribution in [0.15, 0.2) is 41.6 Å². The number of nitrogens with one attached hydrogen (secondary N) is 1. The largest absolute Gasteiger partial charge is 0.493 e. The van der Waals surface area contributed by atoms with E-state index in [-0.39, 0.29) is 0 Å². The van der Waals surface area contributed by atoms with Gasteiger partial charge < -0.3 is 14.0 Å². The molecule has 0 aliphatic heterocycles. The first-order valence-corrected chi connectivity index (χ1v) is 10.0. The van der Waals surface area contributed by atoms with Crippen molar-refractivity contribution in [3.05, 3.63) is 52.5 Å². The minimum Gasteiger partial charge on any atom is -0.493 e. The zero-order chi connectivity index (χ0) is 19.4. The minimum atomic E-state index is 0.375. The van der Waals surface area contributed by atoms with Gasteiger partial charge in [0.1, 0.15) is 5.49 Å². The van der Waals surface area contributed by atoms with Crippen molar-refractivity contribution in [2.45, 2.75) is 25.0 Å². The summed E-state index contributed by atoms with van der Waals surface area (Å²) in [4.78, 5) is 4.81. The van der Waals surface area contributed by atoms with Crippen molar-refractivity contribution in [2.24, 2.45) is 0 Å². The predicted molar refractivity (Wildman–Crippen MR) is 110 cm³/mol. The fraction of sp³-hybridized carbons (Fsp3) is 0.300. The highest BCUT2D eigenvalue weighted by atomic mass is 35.5. The summed E-state index contributed by atoms with van der Waals surface area (Å²) in [5.74, 6) is 2.11. The Morgan fingerprint density at radius 1 is 1.15 bits per heavy atom. The number of nitrogens with zero attached hydrogens (tertiary/aromatic N) is 2. The molecule has 0 spiro atoms. The molecular formula is C20H22ClN3O2S. The second kappa shape index (κ2) is 8.67. The molecule has 3 rings (SSSR count). The summed E-state index contributed by atoms with van der Waals surface area (Å²) in [5.41, 5.74) is 2.05. The Morgan fingerprint density at radius 2 is 1.85 bits per heavy atom. The zero-order valence-corrected chi connectivity index (χ0v) is 17.2. The highest BCUT2D eigenvalue weighted by molar-refractivity contribution is 7.99. The van der Waals surface area contributed by atoms with Gasteiger partial charge in [0.15, 0.2) is 16.7 Å². The van der Waals surface area contributed by atoms with E-state index >= 15 is 0 Å². The minimum absolute atomic E-state index is 0.375. The molecule has 5 nitrogen and oxygen atoms in total. The lowest BCUT2D eigenvalue weighted by Crippen LogP contribution is -2.24. The van der Waals surface area contributed by atoms with Crippen molar-refractivity contribution in [1.82, 2.24) is 9.55 Å². The monoisotopic (exact) mass is 403 g/mol. The standard InChI is InChI=1S/C20H22ClN3O2S/c1-4-9-27-20-23-16-11-18(26-3)17(25-2)10-14(16)19(22)24(20)12-13-7-5-6-8-15(13)21/h5-8,10-11,22H,4,9,12H2,1-3H3. The van der Waals surface area contributed by atoms with E-state index in [9.17, 15) is 0 Å². The van der Waals surface area contributed by atoms with Crippen LogP contribution in [0.3, 0.4) is 0 Å². The average Bonchev–Trinajstić information content (AvgIpc) is 2.69. The molecule has 27 heavy (non-hydrogen) atoms. The molecule has 0 bridgehead atoms. The summed E-state index contributed by atoms with van der Waals surface area (Å²) in [7, 11) is 3.18. The molecule has 1 N–H and O–H groups in total. The molecule has 0 atom stereocenters. The lowest BCUT2D eigenvalue weighted by molar-refractivity contribution is 0.355. The summed E-state index contributed by atoms with van der Waals surface area (Å²) in [6.07, 6.45) is 1.02. The summed E-state index contributed by atoms with van der Waals surface area (Å²) >= 11 is 7.99. The molecule has 1 heterocycles. The van der Waals surface area contributed by atoms with Crippen molar-refractivity contribution in [1.29, 1.82) is 5.41 Å². The van der Waals surface area contributed by atoms with Crippen LogP contribution >= 0.6 is 23.4 Å². The molecule has 0 amide bonds. The van der Waals surface area contributed by atoms with Crippen LogP contribution in [0.5, 0.6) is 11.5 Å². The van der Waals surface area contributed by atoms with Crippen LogP contribution in [0.4, 0.5) is 0 Å². The van der Waals surface area contributed by atoms with Crippen LogP contribution in [0.1, 0.15) is 18.9 Å². The Balaban J connectivity index is 2.21. The molecule has 3 aromatic rings. The summed E-state index contributed by atoms with van der Waals surface area (Å²) < 4.78 is 12.7. The fourth-order valence-corrected chi connectivity index (χ4v) is 3.86. The van der Waals surface area contributed by atoms with Gasteiger partial charge in [-0.15, -0.1) is 0 Å². The number of hydrogen-bond acceptors (Lipinski definition) is 5. The van der Waals surface area contributed by atoms with E-state index in [0.29, 0.717) is 39.5 Å². The number of halogens is 1. The number of rotatable bonds is 7. The van der Waals surface area contributed by atoms with Gasteiger partial charge >= 0.3 is 0 Å². The van der Waals surface area contributed by atoms with Crippen molar-refractivity contribution in [3.8, 4) is 11.5 Å². The maximum atomic E-state index is 8.81. The normalized spacial score (nSPS) is 11.0. The van der Waals surface area contributed by atoms with Crippen LogP contribution in [-0.4, -0.2) is 29.5 Å². The van der Waals surface area contributed by atoms with Crippen LogP contribution in [0, 0.1) is 5.41 Å². The first kappa shape index (κ1) is 19.6. The smallest absolute Gasteiger partial charge is 0.170 e. The van der Waals surface area contributed by atoms with Crippen molar-refractivity contribution in [3.63, 3.8) is 0 Å². The van der Waals surface area contributed by atoms with Crippen LogP contribution in [0.25, 0.3) is 10.9 Å². The van der Waals surface area contributed by atoms with E-state index in [2.05, 4.69) is 6.92 Å². The number of benzene rings is 2. The number of methoxy groups -OCH3 is 2. The van der Waals surface area contributed by atoms with Crippen LogP contribution in [-0.2, 0) is 6.54 Å². The van der Waals surface area contributed by atoms with Crippen molar-refractivity contribution >= 4 is 34.3 Å². The molecule has 0 aliphatic rings. The quantitative estimate of drug-likeness (QED) is 0.457. The van der Waals surface area contributed by atoms with E-state index in [1.54, 1.807) is 32.0 Å². The van der Waals surface area contributed by atoms with Gasteiger partial charge in [0, 0.05) is 22.2 Å². The number of hydrogen-bond donors (Lipinski definition) is 1. The van der Waals surface area contributed by atoms with Gasteiger partial charge in [-0.25, -0.2) is 4.98 Å². The third-order valence-corrected chi connectivity index (χ3v) is 5.75. The van der Waals surface area contributed by atoms with E-state index in [4.69, 9.17) is 31.5 Å². The van der Waals surface area contributed by atoms with Gasteiger partial charge in [0.25, 0.3) is 0 Å². The molecule has 0 saturated carbocycles. The molecule has 7 heteroatoms. The van der Waals surface area contributed by atoms with Crippen molar-refractivity contribution in [2.75, 3.05) is 20.0 Å². The Kier molecular flexibility index (Phi) is 6.29. The lowest BCUT2D eigenvalue weighted by Gasteiger charge is -2.16. The van der Waals surface area contributed by atoms with Gasteiger partial charge in [-0.05, 0) is 24.1 Å². The van der Waals surface area contributed by atoms with Crippen LogP contribution in [0.2, 0.25) is 5.02 Å². The molecule has 1 aromatic heterocycles. The van der Waals surface area contributed by atoms with Gasteiger partial charge in [-0.3, -0.25) is 5.41 Å². The Hall–Kier alpha value is -2.18. The first-order valence-electron chi connectivity index (χ1n) is 8.66. The third-order valence-electron chi connectivity index (χ3n) is 4.20. The number of ether oxygens (including phenoxy) is 2. The van der Waals surface area contributed by atoms with E-state index in [0.717, 1.165) is 22.9 Å². The number of fused-ring (bicyclic) bond motifs is 1. The molecular weight excluding hydrogens is 382 g/mol. The van der Waals surface area contributed by atoms with E-state index in [1.165, 1.54) is 0 Å². The van der Waals surface area contributed by atoms with Gasteiger partial charge in [0.2, 0.25) is 0 Å². The highest BCUT2D eigenvalue weighted by Crippen LogP contribution is 2.31. The maximum Gasteiger partial charge on any atom is 0.170 e. The molecule has 0 aliphatic carbocycles. The SMILES string of the molecule is CCCSc1nc2cc(OC)c(OC)cc2c(=N)n1Cc1ccccc1Cl. The van der Waals surface area contributed by atoms with Crippen molar-refractivity contribution < 1.29 is 9.47 Å². The van der Waals surface area contributed by atoms with Crippen LogP contribution < -0.4 is 15.0 Å². The summed E-state index contributed by atoms with van der Waals surface area (Å²) in [6, 6.07) is 11.3. The second-order valence-electron chi connectivity index (χ2n) is 5.99. The third kappa shape index (κ3) is 4.06. The second-order valence-corrected chi connectivity index (χ2v) is 7.46. The Bertz CT molecular complexity index is 1020. The summed E-state index contributed by atoms with van der Waals surface area (Å²) in [5, 5.41) is 11.0.